The summed E-state index contributed by atoms with van der Waals surface area (Å²) < 4.78 is 0. The van der Waals surface area contributed by atoms with Gasteiger partial charge in [-0.2, -0.15) is 0 Å². The zero-order valence-electron chi connectivity index (χ0n) is 14.1. The van der Waals surface area contributed by atoms with Gasteiger partial charge in [-0.05, 0) is 17.5 Å². The van der Waals surface area contributed by atoms with Crippen molar-refractivity contribution in [3.8, 4) is 0 Å². The maximum Gasteiger partial charge on any atom is 0.251 e. The first-order chi connectivity index (χ1) is 11.6. The first kappa shape index (κ1) is 19.4. The summed E-state index contributed by atoms with van der Waals surface area (Å²) in [5.41, 5.74) is 8.33. The minimum atomic E-state index is -0.463. The van der Waals surface area contributed by atoms with E-state index in [0.29, 0.717) is 17.0 Å². The van der Waals surface area contributed by atoms with E-state index in [-0.39, 0.29) is 18.3 Å². The van der Waals surface area contributed by atoms with Crippen LogP contribution in [0.25, 0.3) is 0 Å². The molecular weight excluding hydrogens is 358 g/mol. The normalized spacial score (nSPS) is 13.6. The Kier molecular flexibility index (Phi) is 6.58. The highest BCUT2D eigenvalue weighted by Gasteiger charge is 2.27. The molecule has 0 bridgehead atoms. The quantitative estimate of drug-likeness (QED) is 0.837. The molecule has 0 spiro atoms. The number of hydrogen-bond donors (Lipinski definition) is 2. The lowest BCUT2D eigenvalue weighted by atomic mass is 10.0. The standard InChI is InChI=1S/C18H21N3O2S.ClH/c1-2-15(22)20-18-16(17(19)23)13-8-9-21(11-14(13)24-18)10-12-6-4-3-5-7-12;/h3-7H,2,8-11H2,1H3,(H2,19,23)(H,20,22);1H. The molecule has 1 aliphatic heterocycles. The van der Waals surface area contributed by atoms with Gasteiger partial charge < -0.3 is 11.1 Å². The summed E-state index contributed by atoms with van der Waals surface area (Å²) in [6, 6.07) is 10.3. The third-order valence-electron chi connectivity index (χ3n) is 4.21. The van der Waals surface area contributed by atoms with Crippen molar-refractivity contribution >= 4 is 40.6 Å². The minimum absolute atomic E-state index is 0. The second-order valence-corrected chi connectivity index (χ2v) is 7.03. The molecule has 3 rings (SSSR count). The van der Waals surface area contributed by atoms with E-state index in [4.69, 9.17) is 5.73 Å². The van der Waals surface area contributed by atoms with Crippen LogP contribution >= 0.6 is 23.7 Å². The maximum absolute atomic E-state index is 11.9. The fourth-order valence-corrected chi connectivity index (χ4v) is 4.31. The summed E-state index contributed by atoms with van der Waals surface area (Å²) in [7, 11) is 0. The second kappa shape index (κ2) is 8.47. The van der Waals surface area contributed by atoms with Gasteiger partial charge in [0, 0.05) is 30.9 Å². The molecule has 3 N–H and O–H groups in total. The average Bonchev–Trinajstić information content (AvgIpc) is 2.92. The lowest BCUT2D eigenvalue weighted by Crippen LogP contribution is -2.30. The number of fused-ring (bicyclic) bond motifs is 1. The Balaban J connectivity index is 0.00000225. The zero-order chi connectivity index (χ0) is 17.1. The van der Waals surface area contributed by atoms with Crippen LogP contribution in [-0.2, 0) is 24.3 Å². The van der Waals surface area contributed by atoms with Crippen molar-refractivity contribution in [3.63, 3.8) is 0 Å². The summed E-state index contributed by atoms with van der Waals surface area (Å²) in [5, 5.41) is 3.42. The van der Waals surface area contributed by atoms with Crippen molar-refractivity contribution in [1.82, 2.24) is 4.90 Å². The third-order valence-corrected chi connectivity index (χ3v) is 5.34. The molecule has 1 aromatic carbocycles. The molecule has 2 amide bonds. The van der Waals surface area contributed by atoms with Gasteiger partial charge in [-0.1, -0.05) is 37.3 Å². The topological polar surface area (TPSA) is 75.4 Å². The van der Waals surface area contributed by atoms with Crippen molar-refractivity contribution in [2.45, 2.75) is 32.9 Å². The van der Waals surface area contributed by atoms with Gasteiger partial charge in [0.05, 0.1) is 5.56 Å². The number of primary amides is 1. The number of nitrogens with one attached hydrogen (secondary N) is 1. The molecule has 0 fully saturated rings. The lowest BCUT2D eigenvalue weighted by molar-refractivity contribution is -0.115. The Labute approximate surface area is 157 Å². The second-order valence-electron chi connectivity index (χ2n) is 5.92. The van der Waals surface area contributed by atoms with Crippen molar-refractivity contribution in [3.05, 3.63) is 51.9 Å². The van der Waals surface area contributed by atoms with Crippen LogP contribution in [0.5, 0.6) is 0 Å². The predicted octanol–water partition coefficient (Wildman–Crippen LogP) is 3.18. The van der Waals surface area contributed by atoms with E-state index < -0.39 is 5.91 Å². The number of anilines is 1. The molecule has 5 nitrogen and oxygen atoms in total. The summed E-state index contributed by atoms with van der Waals surface area (Å²) in [6.07, 6.45) is 1.15. The molecule has 0 aliphatic carbocycles. The summed E-state index contributed by atoms with van der Waals surface area (Å²) >= 11 is 1.47. The Morgan fingerprint density at radius 1 is 1.28 bits per heavy atom. The van der Waals surface area contributed by atoms with Crippen molar-refractivity contribution in [1.29, 1.82) is 0 Å². The van der Waals surface area contributed by atoms with Gasteiger partial charge in [0.2, 0.25) is 5.91 Å². The Morgan fingerprint density at radius 3 is 2.64 bits per heavy atom. The molecule has 2 aromatic rings. The Bertz CT molecular complexity index is 761. The SMILES string of the molecule is CCC(=O)Nc1sc2c(c1C(N)=O)CCN(Cc1ccccc1)C2.Cl. The van der Waals surface area contributed by atoms with Gasteiger partial charge in [-0.3, -0.25) is 14.5 Å². The molecule has 0 saturated heterocycles. The Morgan fingerprint density at radius 2 is 2.00 bits per heavy atom. The van der Waals surface area contributed by atoms with Crippen molar-refractivity contribution in [2.24, 2.45) is 5.73 Å². The zero-order valence-corrected chi connectivity index (χ0v) is 15.7. The van der Waals surface area contributed by atoms with Crippen LogP contribution in [0.15, 0.2) is 30.3 Å². The third kappa shape index (κ3) is 4.39. The highest BCUT2D eigenvalue weighted by Crippen LogP contribution is 2.37. The number of hydrogen-bond acceptors (Lipinski definition) is 4. The van der Waals surface area contributed by atoms with E-state index in [0.717, 1.165) is 36.5 Å². The minimum Gasteiger partial charge on any atom is -0.365 e. The van der Waals surface area contributed by atoms with Gasteiger partial charge in [-0.15, -0.1) is 23.7 Å². The number of rotatable bonds is 5. The number of thiophene rings is 1. The van der Waals surface area contributed by atoms with Crippen LogP contribution in [0, 0.1) is 0 Å². The fraction of sp³-hybridized carbons (Fsp3) is 0.333. The van der Waals surface area contributed by atoms with Crippen LogP contribution in [0.3, 0.4) is 0 Å². The van der Waals surface area contributed by atoms with Gasteiger partial charge >= 0.3 is 0 Å². The number of amides is 2. The predicted molar refractivity (Wildman–Crippen MR) is 103 cm³/mol. The number of benzene rings is 1. The molecule has 0 radical (unpaired) electrons. The molecule has 1 aromatic heterocycles. The van der Waals surface area contributed by atoms with Crippen LogP contribution < -0.4 is 11.1 Å². The van der Waals surface area contributed by atoms with Crippen LogP contribution in [0.4, 0.5) is 5.00 Å². The van der Waals surface area contributed by atoms with E-state index >= 15 is 0 Å². The smallest absolute Gasteiger partial charge is 0.251 e. The molecule has 2 heterocycles. The molecule has 1 aliphatic rings. The largest absolute Gasteiger partial charge is 0.365 e. The van der Waals surface area contributed by atoms with E-state index in [2.05, 4.69) is 22.3 Å². The summed E-state index contributed by atoms with van der Waals surface area (Å²) in [4.78, 5) is 27.0. The summed E-state index contributed by atoms with van der Waals surface area (Å²) in [6.45, 7) is 4.31. The monoisotopic (exact) mass is 379 g/mol. The molecule has 0 unspecified atom stereocenters. The molecule has 134 valence electrons. The molecule has 25 heavy (non-hydrogen) atoms. The maximum atomic E-state index is 11.9. The van der Waals surface area contributed by atoms with E-state index in [1.807, 2.05) is 18.2 Å². The van der Waals surface area contributed by atoms with Gasteiger partial charge in [0.1, 0.15) is 5.00 Å². The van der Waals surface area contributed by atoms with Gasteiger partial charge in [0.15, 0.2) is 0 Å². The van der Waals surface area contributed by atoms with Crippen LogP contribution in [0.1, 0.15) is 39.7 Å². The first-order valence-corrected chi connectivity index (χ1v) is 8.90. The van der Waals surface area contributed by atoms with Crippen LogP contribution in [0.2, 0.25) is 0 Å². The van der Waals surface area contributed by atoms with E-state index in [9.17, 15) is 9.59 Å². The Hall–Kier alpha value is -1.89. The van der Waals surface area contributed by atoms with Crippen LogP contribution in [-0.4, -0.2) is 23.3 Å². The van der Waals surface area contributed by atoms with E-state index in [1.165, 1.54) is 16.9 Å². The molecule has 0 atom stereocenters. The lowest BCUT2D eigenvalue weighted by Gasteiger charge is -2.27. The van der Waals surface area contributed by atoms with Crippen molar-refractivity contribution < 1.29 is 9.59 Å². The highest BCUT2D eigenvalue weighted by molar-refractivity contribution is 7.17. The highest BCUT2D eigenvalue weighted by atomic mass is 35.5. The average molecular weight is 380 g/mol. The first-order valence-electron chi connectivity index (χ1n) is 8.09. The number of halogens is 1. The fourth-order valence-electron chi connectivity index (χ4n) is 3.00. The number of carbonyl (C=O) groups excluding carboxylic acids is 2. The van der Waals surface area contributed by atoms with Crippen molar-refractivity contribution in [2.75, 3.05) is 11.9 Å². The number of carbonyl (C=O) groups is 2. The summed E-state index contributed by atoms with van der Waals surface area (Å²) in [5.74, 6) is -0.562. The number of nitrogens with two attached hydrogens (primary N) is 1. The van der Waals surface area contributed by atoms with Gasteiger partial charge in [0.25, 0.3) is 5.91 Å². The number of nitrogens with zero attached hydrogens (tertiary/aromatic N) is 1. The molecular formula is C18H22ClN3O2S. The molecule has 7 heteroatoms. The van der Waals surface area contributed by atoms with E-state index in [1.54, 1.807) is 6.92 Å². The van der Waals surface area contributed by atoms with Gasteiger partial charge in [-0.25, -0.2) is 0 Å². The molecule has 0 saturated carbocycles.